The number of hydrogen-bond acceptors (Lipinski definition) is 5. The van der Waals surface area contributed by atoms with Gasteiger partial charge in [0.1, 0.15) is 11.9 Å². The molecule has 0 aromatic heterocycles. The van der Waals surface area contributed by atoms with E-state index in [0.717, 1.165) is 22.6 Å². The molecule has 1 heterocycles. The van der Waals surface area contributed by atoms with E-state index in [9.17, 15) is 40.0 Å². The first-order valence-corrected chi connectivity index (χ1v) is 14.1. The van der Waals surface area contributed by atoms with E-state index in [4.69, 9.17) is 5.21 Å². The summed E-state index contributed by atoms with van der Waals surface area (Å²) >= 11 is 0. The smallest absolute Gasteiger partial charge is 0.274 e. The van der Waals surface area contributed by atoms with Crippen molar-refractivity contribution >= 4 is 27.5 Å². The molecule has 0 aliphatic carbocycles. The Bertz CT molecular complexity index is 1680. The van der Waals surface area contributed by atoms with Crippen molar-refractivity contribution in [2.24, 2.45) is 0 Å². The van der Waals surface area contributed by atoms with E-state index in [-0.39, 0.29) is 28.2 Å². The fourth-order valence-electron chi connectivity index (χ4n) is 4.51. The van der Waals surface area contributed by atoms with Gasteiger partial charge in [-0.2, -0.15) is 4.31 Å². The van der Waals surface area contributed by atoms with Crippen molar-refractivity contribution in [1.29, 1.82) is 0 Å². The summed E-state index contributed by atoms with van der Waals surface area (Å²) in [5.74, 6) is -15.9. The first-order valence-electron chi connectivity index (χ1n) is 12.7. The SMILES string of the molecule is CC(C)(C)c1ccc(CN(C(=O)[C@H]2CCN2S(=O)(=O)c2c(F)c(F)c(F)c(F)c2F)c2ccc(C(=O)NO)cc2F)cc1. The highest BCUT2D eigenvalue weighted by Gasteiger charge is 2.48. The summed E-state index contributed by atoms with van der Waals surface area (Å²) in [5.41, 5.74) is 1.77. The topological polar surface area (TPSA) is 107 Å². The van der Waals surface area contributed by atoms with Crippen molar-refractivity contribution in [2.75, 3.05) is 11.4 Å². The van der Waals surface area contributed by atoms with Crippen LogP contribution in [0.15, 0.2) is 47.4 Å². The Balaban J connectivity index is 1.75. The molecule has 0 spiro atoms. The van der Waals surface area contributed by atoms with Gasteiger partial charge in [-0.05, 0) is 41.2 Å². The second kappa shape index (κ2) is 11.6. The Morgan fingerprint density at radius 2 is 1.49 bits per heavy atom. The van der Waals surface area contributed by atoms with Gasteiger partial charge in [0.15, 0.2) is 28.2 Å². The highest BCUT2D eigenvalue weighted by Crippen LogP contribution is 2.35. The van der Waals surface area contributed by atoms with Crippen molar-refractivity contribution < 1.29 is 49.6 Å². The van der Waals surface area contributed by atoms with E-state index in [1.807, 2.05) is 20.8 Å². The number of amides is 2. The van der Waals surface area contributed by atoms with Crippen LogP contribution in [-0.4, -0.2) is 42.3 Å². The number of carbonyl (C=O) groups is 2. The van der Waals surface area contributed by atoms with Gasteiger partial charge >= 0.3 is 0 Å². The molecule has 1 fully saturated rings. The van der Waals surface area contributed by atoms with Crippen LogP contribution in [0.4, 0.5) is 32.0 Å². The van der Waals surface area contributed by atoms with Crippen molar-refractivity contribution in [3.05, 3.63) is 94.1 Å². The van der Waals surface area contributed by atoms with Crippen LogP contribution in [0.5, 0.6) is 0 Å². The molecule has 1 aliphatic rings. The minimum atomic E-state index is -5.45. The fraction of sp³-hybridized carbons (Fsp3) is 0.286. The van der Waals surface area contributed by atoms with E-state index < -0.39 is 79.9 Å². The van der Waals surface area contributed by atoms with Crippen LogP contribution in [0.3, 0.4) is 0 Å². The molecule has 3 aromatic rings. The van der Waals surface area contributed by atoms with Gasteiger partial charge in [-0.15, -0.1) is 0 Å². The minimum Gasteiger partial charge on any atom is -0.304 e. The van der Waals surface area contributed by atoms with Crippen molar-refractivity contribution in [3.8, 4) is 0 Å². The summed E-state index contributed by atoms with van der Waals surface area (Å²) in [6.07, 6.45) is -0.223. The number of nitrogens with one attached hydrogen (secondary N) is 1. The molecule has 1 saturated heterocycles. The number of hydrogen-bond donors (Lipinski definition) is 2. The molecular formula is C28H25F6N3O5S. The Hall–Kier alpha value is -3.95. The molecule has 0 bridgehead atoms. The predicted octanol–water partition coefficient (Wildman–Crippen LogP) is 4.93. The normalized spacial score (nSPS) is 15.6. The monoisotopic (exact) mass is 629 g/mol. The molecule has 1 atom stereocenters. The number of nitrogens with zero attached hydrogens (tertiary/aromatic N) is 2. The lowest BCUT2D eigenvalue weighted by Gasteiger charge is -2.41. The van der Waals surface area contributed by atoms with Gasteiger partial charge < -0.3 is 4.90 Å². The highest BCUT2D eigenvalue weighted by molar-refractivity contribution is 7.89. The Kier molecular flexibility index (Phi) is 8.64. The van der Waals surface area contributed by atoms with Crippen LogP contribution < -0.4 is 10.4 Å². The number of halogens is 6. The molecule has 0 saturated carbocycles. The third kappa shape index (κ3) is 5.84. The number of hydroxylamine groups is 1. The van der Waals surface area contributed by atoms with Crippen LogP contribution in [0.1, 0.15) is 48.7 Å². The highest BCUT2D eigenvalue weighted by atomic mass is 32.2. The first-order chi connectivity index (χ1) is 20.0. The van der Waals surface area contributed by atoms with Gasteiger partial charge in [0.25, 0.3) is 5.91 Å². The second-order valence-electron chi connectivity index (χ2n) is 10.8. The number of rotatable bonds is 7. The lowest BCUT2D eigenvalue weighted by Crippen LogP contribution is -2.59. The molecule has 3 aromatic carbocycles. The van der Waals surface area contributed by atoms with Gasteiger partial charge in [0.05, 0.1) is 12.2 Å². The predicted molar refractivity (Wildman–Crippen MR) is 141 cm³/mol. The molecule has 230 valence electrons. The van der Waals surface area contributed by atoms with E-state index >= 15 is 4.39 Å². The lowest BCUT2D eigenvalue weighted by molar-refractivity contribution is -0.125. The summed E-state index contributed by atoms with van der Waals surface area (Å²) in [6, 6.07) is 7.97. The van der Waals surface area contributed by atoms with Crippen LogP contribution >= 0.6 is 0 Å². The van der Waals surface area contributed by atoms with Crippen LogP contribution in [-0.2, 0) is 26.8 Å². The quantitative estimate of drug-likeness (QED) is 0.127. The maximum absolute atomic E-state index is 15.3. The van der Waals surface area contributed by atoms with Crippen molar-refractivity contribution in [2.45, 2.75) is 50.1 Å². The van der Waals surface area contributed by atoms with Gasteiger partial charge in [0, 0.05) is 12.1 Å². The fourth-order valence-corrected chi connectivity index (χ4v) is 6.26. The molecule has 15 heteroatoms. The minimum absolute atomic E-state index is 0.223. The molecule has 2 N–H and O–H groups in total. The summed E-state index contributed by atoms with van der Waals surface area (Å²) < 4.78 is 112. The van der Waals surface area contributed by atoms with Gasteiger partial charge in [-0.1, -0.05) is 45.0 Å². The summed E-state index contributed by atoms with van der Waals surface area (Å²) in [4.78, 5) is 24.2. The zero-order valence-corrected chi connectivity index (χ0v) is 23.7. The van der Waals surface area contributed by atoms with E-state index in [0.29, 0.717) is 11.6 Å². The third-order valence-corrected chi connectivity index (χ3v) is 8.95. The maximum atomic E-state index is 15.3. The summed E-state index contributed by atoms with van der Waals surface area (Å²) in [7, 11) is -5.45. The standard InChI is InChI=1S/C28H25F6N3O5S/c1-28(2,3)16-7-4-14(5-8-16)13-36(18-9-6-15(12-17(18)29)26(38)35-40)27(39)19-10-11-37(19)43(41,42)25-23(33)21(31)20(30)22(32)24(25)34/h4-9,12,19,40H,10-11,13H2,1-3H3,(H,35,38)/t19-/m1/s1. The molecule has 8 nitrogen and oxygen atoms in total. The molecule has 0 unspecified atom stereocenters. The number of benzene rings is 3. The number of anilines is 1. The molecule has 4 rings (SSSR count). The molecule has 0 radical (unpaired) electrons. The van der Waals surface area contributed by atoms with Crippen molar-refractivity contribution in [1.82, 2.24) is 9.79 Å². The third-order valence-electron chi connectivity index (χ3n) is 7.02. The zero-order chi connectivity index (χ0) is 32.0. The molecule has 43 heavy (non-hydrogen) atoms. The largest absolute Gasteiger partial charge is 0.304 e. The average molecular weight is 630 g/mol. The van der Waals surface area contributed by atoms with E-state index in [1.165, 1.54) is 5.48 Å². The zero-order valence-electron chi connectivity index (χ0n) is 22.9. The van der Waals surface area contributed by atoms with Crippen LogP contribution in [0, 0.1) is 34.9 Å². The molecule has 1 aliphatic heterocycles. The lowest BCUT2D eigenvalue weighted by atomic mass is 9.86. The molecule has 2 amide bonds. The summed E-state index contributed by atoms with van der Waals surface area (Å²) in [5, 5.41) is 8.85. The van der Waals surface area contributed by atoms with E-state index in [2.05, 4.69) is 0 Å². The second-order valence-corrected chi connectivity index (χ2v) is 12.6. The van der Waals surface area contributed by atoms with Crippen LogP contribution in [0.25, 0.3) is 0 Å². The summed E-state index contributed by atoms with van der Waals surface area (Å²) in [6.45, 7) is 5.05. The Morgan fingerprint density at radius 3 is 1.95 bits per heavy atom. The van der Waals surface area contributed by atoms with Gasteiger partial charge in [0.2, 0.25) is 21.7 Å². The van der Waals surface area contributed by atoms with Gasteiger partial charge in [-0.25, -0.2) is 40.2 Å². The average Bonchev–Trinajstić information content (AvgIpc) is 2.92. The first kappa shape index (κ1) is 32.0. The Labute approximate surface area is 242 Å². The molecular weight excluding hydrogens is 604 g/mol. The number of sulfonamides is 1. The van der Waals surface area contributed by atoms with Gasteiger partial charge in [-0.3, -0.25) is 14.8 Å². The number of carbonyl (C=O) groups excluding carboxylic acids is 2. The maximum Gasteiger partial charge on any atom is 0.274 e. The Morgan fingerprint density at radius 1 is 0.930 bits per heavy atom. The van der Waals surface area contributed by atoms with Crippen LogP contribution in [0.2, 0.25) is 0 Å². The van der Waals surface area contributed by atoms with Crippen molar-refractivity contribution in [3.63, 3.8) is 0 Å². The van der Waals surface area contributed by atoms with E-state index in [1.54, 1.807) is 24.3 Å².